The number of carboxylic acids is 1. The number of aliphatic carboxylic acids is 1. The van der Waals surface area contributed by atoms with Crippen molar-refractivity contribution in [3.05, 3.63) is 26.7 Å². The van der Waals surface area contributed by atoms with Crippen LogP contribution < -0.4 is 5.32 Å². The summed E-state index contributed by atoms with van der Waals surface area (Å²) in [6.07, 6.45) is -1.39. The first-order valence-electron chi connectivity index (χ1n) is 10.1. The second kappa shape index (κ2) is 26.3. The second-order valence-electron chi connectivity index (χ2n) is 6.53. The quantitative estimate of drug-likeness (QED) is 0.148. The van der Waals surface area contributed by atoms with E-state index in [1.54, 1.807) is 13.8 Å². The first kappa shape index (κ1) is 42.7. The molecule has 1 amide bonds. The van der Waals surface area contributed by atoms with Crippen LogP contribution in [0.15, 0.2) is 0 Å². The first-order valence-corrected chi connectivity index (χ1v) is 11.9. The van der Waals surface area contributed by atoms with Crippen molar-refractivity contribution in [3.8, 4) is 0 Å². The largest absolute Gasteiger partial charge is 0.503 e. The summed E-state index contributed by atoms with van der Waals surface area (Å²) >= 11 is 6.09. The monoisotopic (exact) mass is 783 g/mol. The number of rotatable bonds is 15. The number of carboxylic acid groups (broad SMARTS) is 1. The van der Waals surface area contributed by atoms with Crippen molar-refractivity contribution in [1.82, 2.24) is 5.32 Å². The molecule has 0 aromatic carbocycles. The number of hydrogen-bond donors (Lipinski definition) is 2. The molecule has 0 bridgehead atoms. The van der Waals surface area contributed by atoms with E-state index in [0.29, 0.717) is 6.42 Å². The number of ether oxygens (including phenoxy) is 2. The number of hydrogen-bond acceptors (Lipinski definition) is 6. The number of esters is 2. The van der Waals surface area contributed by atoms with E-state index in [9.17, 15) is 28.0 Å². The zero-order valence-electron chi connectivity index (χ0n) is 19.8. The van der Waals surface area contributed by atoms with E-state index in [1.165, 1.54) is 0 Å². The van der Waals surface area contributed by atoms with E-state index in [0.717, 1.165) is 6.42 Å². The molecular weight excluding hydrogens is 754 g/mol. The van der Waals surface area contributed by atoms with Crippen LogP contribution in [0.4, 0.5) is 8.78 Å². The van der Waals surface area contributed by atoms with Crippen LogP contribution in [-0.2, 0) is 94.1 Å². The Bertz CT molecular complexity index is 606. The first-order chi connectivity index (χ1) is 15.3. The minimum atomic E-state index is -1.50. The van der Waals surface area contributed by atoms with Crippen molar-refractivity contribution in [2.75, 3.05) is 13.2 Å². The minimum absolute atomic E-state index is 0. The van der Waals surface area contributed by atoms with Crippen LogP contribution in [0.25, 0.3) is 0 Å². The standard InChI is InChI=1S/C15H23BrFNO5.C6H8BrFO2.2Y/c1-4-22-14(20)7-6-12(15(21)23-5-2)18-13(19)9-11(17)8-10(3)16;1-4(7)2-5(8)3-6(9)10;;/h9-12H,3-8H2,1-2H3,(H,18,19);3-5H,1-2H2,(H,9,10);;/q2*-2;;/t10?,11?,12-;;;/m0.../s1. The average molecular weight is 785 g/mol. The summed E-state index contributed by atoms with van der Waals surface area (Å²) in [6.45, 7) is 10.7. The van der Waals surface area contributed by atoms with Crippen LogP contribution >= 0.6 is 31.9 Å². The van der Waals surface area contributed by atoms with Crippen molar-refractivity contribution in [1.29, 1.82) is 0 Å². The molecule has 2 radical (unpaired) electrons. The summed E-state index contributed by atoms with van der Waals surface area (Å²) in [5, 5.41) is 10.4. The Hall–Kier alpha value is 0.648. The number of nitrogens with one attached hydrogen (secondary N) is 1. The Balaban J connectivity index is -0.000000340. The Morgan fingerprint density at radius 3 is 1.80 bits per heavy atom. The molecule has 0 aliphatic rings. The number of alkyl halides is 4. The molecule has 0 aliphatic heterocycles. The SMILES string of the molecule is [CH2-]C(Br)CC(F)[CH-]C(=O)N[C@@H](CCC(=O)OCC)C(=O)OCC.[CH2-]C(Br)CC(F)[CH-]C(=O)O.[Y].[Y]. The van der Waals surface area contributed by atoms with E-state index in [4.69, 9.17) is 14.6 Å². The van der Waals surface area contributed by atoms with Crippen molar-refractivity contribution in [3.63, 3.8) is 0 Å². The van der Waals surface area contributed by atoms with Crippen LogP contribution in [-0.4, -0.2) is 70.2 Å². The molecule has 4 unspecified atom stereocenters. The summed E-state index contributed by atoms with van der Waals surface area (Å²) in [5.41, 5.74) is 0. The molecule has 200 valence electrons. The third-order valence-corrected chi connectivity index (χ3v) is 4.20. The Morgan fingerprint density at radius 1 is 0.943 bits per heavy atom. The number of carbonyl (C=O) groups excluding carboxylic acids is 3. The molecule has 35 heavy (non-hydrogen) atoms. The fourth-order valence-electron chi connectivity index (χ4n) is 2.15. The van der Waals surface area contributed by atoms with Crippen LogP contribution in [0.2, 0.25) is 0 Å². The van der Waals surface area contributed by atoms with E-state index in [1.807, 2.05) is 0 Å². The van der Waals surface area contributed by atoms with Gasteiger partial charge in [0.25, 0.3) is 0 Å². The molecular formula is C21H31Br2F2NO7Y2-4. The fraction of sp³-hybridized carbons (Fsp3) is 0.619. The van der Waals surface area contributed by atoms with Crippen molar-refractivity contribution in [2.24, 2.45) is 0 Å². The molecule has 5 atom stereocenters. The summed E-state index contributed by atoms with van der Waals surface area (Å²) < 4.78 is 35.5. The third kappa shape index (κ3) is 29.1. The molecule has 0 saturated heterocycles. The molecule has 14 heteroatoms. The molecule has 0 rings (SSSR count). The van der Waals surface area contributed by atoms with Gasteiger partial charge in [0.05, 0.1) is 19.1 Å². The molecule has 0 saturated carbocycles. The normalized spacial score (nSPS) is 13.9. The van der Waals surface area contributed by atoms with Gasteiger partial charge >= 0.3 is 11.9 Å². The van der Waals surface area contributed by atoms with Crippen LogP contribution in [0, 0.1) is 26.7 Å². The van der Waals surface area contributed by atoms with Crippen molar-refractivity contribution in [2.45, 2.75) is 67.6 Å². The van der Waals surface area contributed by atoms with Gasteiger partial charge in [-0.1, -0.05) is 12.8 Å². The third-order valence-electron chi connectivity index (χ3n) is 3.45. The van der Waals surface area contributed by atoms with Crippen LogP contribution in [0.5, 0.6) is 0 Å². The van der Waals surface area contributed by atoms with Gasteiger partial charge < -0.3 is 38.5 Å². The van der Waals surface area contributed by atoms with E-state index < -0.39 is 42.2 Å². The molecule has 0 aromatic heterocycles. The molecule has 0 aromatic rings. The predicted octanol–water partition coefficient (Wildman–Crippen LogP) is 3.50. The molecule has 0 fully saturated rings. The molecule has 0 aliphatic carbocycles. The Kier molecular flexibility index (Phi) is 32.1. The van der Waals surface area contributed by atoms with Gasteiger partial charge in [-0.15, -0.1) is 41.5 Å². The molecule has 2 N–H and O–H groups in total. The van der Waals surface area contributed by atoms with Crippen LogP contribution in [0.3, 0.4) is 0 Å². The maximum atomic E-state index is 13.5. The van der Waals surface area contributed by atoms with Crippen molar-refractivity contribution >= 4 is 55.7 Å². The zero-order valence-corrected chi connectivity index (χ0v) is 28.6. The summed E-state index contributed by atoms with van der Waals surface area (Å²) in [5.74, 6) is -3.14. The number of carbonyl (C=O) groups is 4. The van der Waals surface area contributed by atoms with Gasteiger partial charge in [0.2, 0.25) is 0 Å². The van der Waals surface area contributed by atoms with E-state index in [-0.39, 0.29) is 114 Å². The van der Waals surface area contributed by atoms with Gasteiger partial charge in [-0.3, -0.25) is 31.2 Å². The molecule has 0 spiro atoms. The Morgan fingerprint density at radius 2 is 1.40 bits per heavy atom. The van der Waals surface area contributed by atoms with Gasteiger partial charge in [-0.05, 0) is 32.6 Å². The van der Waals surface area contributed by atoms with Gasteiger partial charge in [-0.2, -0.15) is 0 Å². The maximum Gasteiger partial charge on any atom is 0.328 e. The summed E-state index contributed by atoms with van der Waals surface area (Å²) in [6, 6.07) is -1.03. The van der Waals surface area contributed by atoms with Gasteiger partial charge in [0.15, 0.2) is 5.97 Å². The van der Waals surface area contributed by atoms with Crippen LogP contribution in [0.1, 0.15) is 39.5 Å². The van der Waals surface area contributed by atoms with Gasteiger partial charge in [0, 0.05) is 71.8 Å². The van der Waals surface area contributed by atoms with E-state index >= 15 is 0 Å². The smallest absolute Gasteiger partial charge is 0.328 e. The average Bonchev–Trinajstić information content (AvgIpc) is 2.63. The molecule has 8 nitrogen and oxygen atoms in total. The molecule has 0 heterocycles. The summed E-state index contributed by atoms with van der Waals surface area (Å²) in [4.78, 5) is 44.2. The minimum Gasteiger partial charge on any atom is -0.503 e. The summed E-state index contributed by atoms with van der Waals surface area (Å²) in [7, 11) is 0. The zero-order chi connectivity index (χ0) is 26.0. The topological polar surface area (TPSA) is 119 Å². The van der Waals surface area contributed by atoms with Gasteiger partial charge in [-0.25, -0.2) is 4.79 Å². The van der Waals surface area contributed by atoms with E-state index in [2.05, 4.69) is 51.0 Å². The maximum absolute atomic E-state index is 13.5. The number of amides is 1. The van der Waals surface area contributed by atoms with Gasteiger partial charge in [0.1, 0.15) is 6.04 Å². The Labute approximate surface area is 273 Å². The number of halogens is 4. The predicted molar refractivity (Wildman–Crippen MR) is 126 cm³/mol. The fourth-order valence-corrected chi connectivity index (χ4v) is 2.86. The van der Waals surface area contributed by atoms with Crippen molar-refractivity contribution < 1.29 is 108 Å². The second-order valence-corrected chi connectivity index (χ2v) is 9.12.